The van der Waals surface area contributed by atoms with Gasteiger partial charge in [0.05, 0.1) is 0 Å². The maximum atomic E-state index is 13.6. The van der Waals surface area contributed by atoms with Gasteiger partial charge in [-0.1, -0.05) is 31.9 Å². The molecule has 0 aliphatic heterocycles. The predicted molar refractivity (Wildman–Crippen MR) is 82.2 cm³/mol. The molecule has 0 unspecified atom stereocenters. The molecule has 0 saturated heterocycles. The quantitative estimate of drug-likeness (QED) is 0.609. The molecule has 0 amide bonds. The third-order valence-electron chi connectivity index (χ3n) is 2.85. The molecule has 0 N–H and O–H groups in total. The molecule has 0 atom stereocenters. The van der Waals surface area contributed by atoms with Gasteiger partial charge >= 0.3 is 0 Å². The highest BCUT2D eigenvalue weighted by atomic mass is 79.9. The van der Waals surface area contributed by atoms with Gasteiger partial charge in [-0.3, -0.25) is 0 Å². The van der Waals surface area contributed by atoms with Gasteiger partial charge in [-0.15, -0.1) is 0 Å². The maximum Gasteiger partial charge on any atom is 0.132 e. The predicted octanol–water partition coefficient (Wildman–Crippen LogP) is 5.51. The molecule has 0 radical (unpaired) electrons. The summed E-state index contributed by atoms with van der Waals surface area (Å²) in [7, 11) is 0. The van der Waals surface area contributed by atoms with Crippen LogP contribution >= 0.6 is 31.9 Å². The molecule has 0 aromatic heterocycles. The molecule has 20 heavy (non-hydrogen) atoms. The van der Waals surface area contributed by atoms with E-state index in [4.69, 9.17) is 4.74 Å². The van der Waals surface area contributed by atoms with Crippen LogP contribution in [0.5, 0.6) is 5.75 Å². The number of halogens is 4. The van der Waals surface area contributed by atoms with Crippen LogP contribution < -0.4 is 4.74 Å². The monoisotopic (exact) mass is 404 g/mol. The van der Waals surface area contributed by atoms with E-state index in [1.54, 1.807) is 0 Å². The van der Waals surface area contributed by atoms with E-state index in [9.17, 15) is 8.78 Å². The minimum Gasteiger partial charge on any atom is -0.488 e. The summed E-state index contributed by atoms with van der Waals surface area (Å²) in [6.45, 7) is 1.99. The second-order valence-electron chi connectivity index (χ2n) is 4.37. The first-order valence-electron chi connectivity index (χ1n) is 5.93. The molecule has 2 rings (SSSR count). The van der Waals surface area contributed by atoms with Crippen molar-refractivity contribution < 1.29 is 13.5 Å². The molecule has 106 valence electrons. The summed E-state index contributed by atoms with van der Waals surface area (Å²) in [6.07, 6.45) is 0. The van der Waals surface area contributed by atoms with Crippen molar-refractivity contribution >= 4 is 31.9 Å². The van der Waals surface area contributed by atoms with Gasteiger partial charge in [-0.25, -0.2) is 8.78 Å². The Morgan fingerprint density at radius 2 is 1.85 bits per heavy atom. The third-order valence-corrected chi connectivity index (χ3v) is 3.91. The van der Waals surface area contributed by atoms with Gasteiger partial charge in [-0.05, 0) is 36.8 Å². The van der Waals surface area contributed by atoms with Crippen molar-refractivity contribution in [1.29, 1.82) is 0 Å². The lowest BCUT2D eigenvalue weighted by molar-refractivity contribution is 0.295. The Morgan fingerprint density at radius 1 is 1.10 bits per heavy atom. The Morgan fingerprint density at radius 3 is 2.50 bits per heavy atom. The van der Waals surface area contributed by atoms with Gasteiger partial charge in [0.25, 0.3) is 0 Å². The van der Waals surface area contributed by atoms with E-state index >= 15 is 0 Å². The summed E-state index contributed by atoms with van der Waals surface area (Å²) in [6, 6.07) is 7.35. The molecule has 0 spiro atoms. The zero-order valence-corrected chi connectivity index (χ0v) is 13.9. The molecule has 0 heterocycles. The number of ether oxygens (including phenoxy) is 1. The van der Waals surface area contributed by atoms with Crippen LogP contribution in [0.1, 0.15) is 16.7 Å². The van der Waals surface area contributed by atoms with Crippen LogP contribution in [0.4, 0.5) is 8.78 Å². The standard InChI is InChI=1S/C15H12Br2F2O/c1-9-4-12(17)5-11(7-16)15(9)20-8-10-2-3-13(18)6-14(10)19/h2-6H,7-8H2,1H3. The normalized spacial score (nSPS) is 10.7. The van der Waals surface area contributed by atoms with Gasteiger partial charge in [0.15, 0.2) is 0 Å². The molecule has 0 aliphatic rings. The maximum absolute atomic E-state index is 13.6. The van der Waals surface area contributed by atoms with E-state index in [-0.39, 0.29) is 6.61 Å². The second kappa shape index (κ2) is 6.68. The van der Waals surface area contributed by atoms with E-state index in [2.05, 4.69) is 31.9 Å². The van der Waals surface area contributed by atoms with Crippen molar-refractivity contribution in [2.75, 3.05) is 0 Å². The fourth-order valence-electron chi connectivity index (χ4n) is 1.89. The Bertz CT molecular complexity index is 630. The van der Waals surface area contributed by atoms with Crippen molar-refractivity contribution in [2.45, 2.75) is 18.9 Å². The topological polar surface area (TPSA) is 9.23 Å². The van der Waals surface area contributed by atoms with E-state index in [1.165, 1.54) is 12.1 Å². The minimum absolute atomic E-state index is 0.0641. The molecule has 0 aliphatic carbocycles. The first-order chi connectivity index (χ1) is 9.51. The molecule has 1 nitrogen and oxygen atoms in total. The van der Waals surface area contributed by atoms with Crippen LogP contribution in [-0.4, -0.2) is 0 Å². The Labute approximate surface area is 133 Å². The summed E-state index contributed by atoms with van der Waals surface area (Å²) in [5, 5.41) is 0.633. The smallest absolute Gasteiger partial charge is 0.132 e. The molecule has 0 fully saturated rings. The summed E-state index contributed by atoms with van der Waals surface area (Å²) in [4.78, 5) is 0. The lowest BCUT2D eigenvalue weighted by Crippen LogP contribution is -2.02. The molecular weight excluding hydrogens is 394 g/mol. The highest BCUT2D eigenvalue weighted by molar-refractivity contribution is 9.10. The minimum atomic E-state index is -0.597. The van der Waals surface area contributed by atoms with Crippen LogP contribution in [0.25, 0.3) is 0 Å². The number of alkyl halides is 1. The van der Waals surface area contributed by atoms with Gasteiger partial charge < -0.3 is 4.74 Å². The number of aryl methyl sites for hydroxylation is 1. The van der Waals surface area contributed by atoms with E-state index < -0.39 is 11.6 Å². The molecule has 0 saturated carbocycles. The van der Waals surface area contributed by atoms with Crippen molar-refractivity contribution in [1.82, 2.24) is 0 Å². The first-order valence-corrected chi connectivity index (χ1v) is 7.84. The summed E-state index contributed by atoms with van der Waals surface area (Å²) in [5.41, 5.74) is 2.25. The number of hydrogen-bond donors (Lipinski definition) is 0. The van der Waals surface area contributed by atoms with Crippen molar-refractivity contribution in [3.8, 4) is 5.75 Å². The van der Waals surface area contributed by atoms with Gasteiger partial charge in [0, 0.05) is 27.0 Å². The highest BCUT2D eigenvalue weighted by Crippen LogP contribution is 2.30. The van der Waals surface area contributed by atoms with E-state index in [0.29, 0.717) is 16.6 Å². The average Bonchev–Trinajstić information content (AvgIpc) is 2.38. The molecule has 5 heteroatoms. The van der Waals surface area contributed by atoms with Crippen molar-refractivity contribution in [2.24, 2.45) is 0 Å². The SMILES string of the molecule is Cc1cc(Br)cc(CBr)c1OCc1ccc(F)cc1F. The van der Waals surface area contributed by atoms with Crippen LogP contribution in [0, 0.1) is 18.6 Å². The van der Waals surface area contributed by atoms with Crippen LogP contribution in [0.2, 0.25) is 0 Å². The van der Waals surface area contributed by atoms with Crippen LogP contribution in [0.3, 0.4) is 0 Å². The zero-order chi connectivity index (χ0) is 14.7. The van der Waals surface area contributed by atoms with Crippen LogP contribution in [-0.2, 0) is 11.9 Å². The lowest BCUT2D eigenvalue weighted by Gasteiger charge is -2.14. The highest BCUT2D eigenvalue weighted by Gasteiger charge is 2.10. The molecular formula is C15H12Br2F2O. The molecule has 0 bridgehead atoms. The Kier molecular flexibility index (Phi) is 5.16. The number of benzene rings is 2. The summed E-state index contributed by atoms with van der Waals surface area (Å²) < 4.78 is 33.1. The zero-order valence-electron chi connectivity index (χ0n) is 10.7. The van der Waals surface area contributed by atoms with Crippen molar-refractivity contribution in [3.63, 3.8) is 0 Å². The van der Waals surface area contributed by atoms with Gasteiger partial charge in [0.2, 0.25) is 0 Å². The van der Waals surface area contributed by atoms with Gasteiger partial charge in [-0.2, -0.15) is 0 Å². The summed E-state index contributed by atoms with van der Waals surface area (Å²) >= 11 is 6.83. The Hall–Kier alpha value is -0.940. The summed E-state index contributed by atoms with van der Waals surface area (Å²) in [5.74, 6) is -0.471. The molecule has 2 aromatic carbocycles. The number of hydrogen-bond acceptors (Lipinski definition) is 1. The third kappa shape index (κ3) is 3.58. The number of rotatable bonds is 4. The largest absolute Gasteiger partial charge is 0.488 e. The molecule has 2 aromatic rings. The first kappa shape index (κ1) is 15.4. The van der Waals surface area contributed by atoms with E-state index in [1.807, 2.05) is 19.1 Å². The van der Waals surface area contributed by atoms with Gasteiger partial charge in [0.1, 0.15) is 24.0 Å². The average molecular weight is 406 g/mol. The fourth-order valence-corrected chi connectivity index (χ4v) is 2.93. The lowest BCUT2D eigenvalue weighted by atomic mass is 10.1. The van der Waals surface area contributed by atoms with Crippen molar-refractivity contribution in [3.05, 3.63) is 63.1 Å². The second-order valence-corrected chi connectivity index (χ2v) is 5.85. The Balaban J connectivity index is 2.22. The van der Waals surface area contributed by atoms with E-state index in [0.717, 1.165) is 21.7 Å². The fraction of sp³-hybridized carbons (Fsp3) is 0.200. The van der Waals surface area contributed by atoms with Crippen LogP contribution in [0.15, 0.2) is 34.8 Å².